The molecule has 6 heteroatoms. The van der Waals surface area contributed by atoms with Crippen LogP contribution in [0.3, 0.4) is 0 Å². The highest BCUT2D eigenvalue weighted by molar-refractivity contribution is 6.34. The lowest BCUT2D eigenvalue weighted by Gasteiger charge is -2.12. The molecule has 162 valence electrons. The van der Waals surface area contributed by atoms with Crippen molar-refractivity contribution in [3.8, 4) is 11.5 Å². The summed E-state index contributed by atoms with van der Waals surface area (Å²) < 4.78 is 17.0. The van der Waals surface area contributed by atoms with Gasteiger partial charge in [-0.2, -0.15) is 0 Å². The SMILES string of the molecule is CCOc1cc(/C=C2\N=C(c3ccccc3Cl)OC2=O)ccc1OCCc1ccccc1. The topological polar surface area (TPSA) is 57.1 Å². The Morgan fingerprint density at radius 1 is 0.969 bits per heavy atom. The number of carbonyl (C=O) groups is 1. The van der Waals surface area contributed by atoms with Crippen LogP contribution >= 0.6 is 11.6 Å². The maximum atomic E-state index is 12.3. The highest BCUT2D eigenvalue weighted by Crippen LogP contribution is 2.31. The first kappa shape index (κ1) is 21.7. The van der Waals surface area contributed by atoms with Crippen molar-refractivity contribution in [3.05, 3.63) is 100 Å². The number of ether oxygens (including phenoxy) is 3. The number of hydrogen-bond donors (Lipinski definition) is 0. The Kier molecular flexibility index (Phi) is 6.87. The Hall–Kier alpha value is -3.57. The van der Waals surface area contributed by atoms with E-state index >= 15 is 0 Å². The van der Waals surface area contributed by atoms with Crippen LogP contribution in [0.2, 0.25) is 5.02 Å². The molecule has 3 aromatic rings. The van der Waals surface area contributed by atoms with Gasteiger partial charge in [0.25, 0.3) is 0 Å². The second-order valence-electron chi connectivity index (χ2n) is 7.04. The van der Waals surface area contributed by atoms with E-state index in [0.717, 1.165) is 12.0 Å². The summed E-state index contributed by atoms with van der Waals surface area (Å²) in [7, 11) is 0. The number of hydrogen-bond acceptors (Lipinski definition) is 5. The van der Waals surface area contributed by atoms with E-state index in [4.69, 9.17) is 25.8 Å². The molecule has 0 aromatic heterocycles. The van der Waals surface area contributed by atoms with Gasteiger partial charge >= 0.3 is 5.97 Å². The van der Waals surface area contributed by atoms with E-state index in [1.54, 1.807) is 24.3 Å². The molecule has 0 unspecified atom stereocenters. The van der Waals surface area contributed by atoms with Crippen molar-refractivity contribution < 1.29 is 19.0 Å². The predicted molar refractivity (Wildman–Crippen MR) is 125 cm³/mol. The van der Waals surface area contributed by atoms with Crippen molar-refractivity contribution in [1.29, 1.82) is 0 Å². The normalized spacial score (nSPS) is 14.2. The van der Waals surface area contributed by atoms with Crippen molar-refractivity contribution in [2.45, 2.75) is 13.3 Å². The van der Waals surface area contributed by atoms with Crippen LogP contribution in [-0.4, -0.2) is 25.1 Å². The summed E-state index contributed by atoms with van der Waals surface area (Å²) in [6.07, 6.45) is 2.45. The maximum Gasteiger partial charge on any atom is 0.363 e. The molecule has 0 fully saturated rings. The lowest BCUT2D eigenvalue weighted by Crippen LogP contribution is -2.05. The Morgan fingerprint density at radius 2 is 1.75 bits per heavy atom. The zero-order chi connectivity index (χ0) is 22.3. The van der Waals surface area contributed by atoms with E-state index in [1.807, 2.05) is 49.4 Å². The van der Waals surface area contributed by atoms with E-state index in [0.29, 0.717) is 35.3 Å². The first-order valence-electron chi connectivity index (χ1n) is 10.3. The second kappa shape index (κ2) is 10.2. The van der Waals surface area contributed by atoms with Gasteiger partial charge in [0.2, 0.25) is 5.90 Å². The first-order valence-corrected chi connectivity index (χ1v) is 10.7. The van der Waals surface area contributed by atoms with Gasteiger partial charge in [-0.3, -0.25) is 0 Å². The Bertz CT molecular complexity index is 1170. The molecule has 0 saturated heterocycles. The number of benzene rings is 3. The molecule has 0 radical (unpaired) electrons. The van der Waals surface area contributed by atoms with Crippen molar-refractivity contribution in [2.24, 2.45) is 4.99 Å². The average molecular weight is 448 g/mol. The first-order chi connectivity index (χ1) is 15.6. The minimum absolute atomic E-state index is 0.192. The van der Waals surface area contributed by atoms with Gasteiger partial charge in [0, 0.05) is 6.42 Å². The summed E-state index contributed by atoms with van der Waals surface area (Å²) >= 11 is 6.19. The molecule has 0 spiro atoms. The summed E-state index contributed by atoms with van der Waals surface area (Å²) in [6, 6.07) is 22.8. The molecule has 0 bridgehead atoms. The zero-order valence-electron chi connectivity index (χ0n) is 17.6. The van der Waals surface area contributed by atoms with Crippen LogP contribution in [0.15, 0.2) is 83.5 Å². The fraction of sp³-hybridized carbons (Fsp3) is 0.154. The summed E-state index contributed by atoms with van der Waals surface area (Å²) in [6.45, 7) is 2.93. The number of nitrogens with zero attached hydrogens (tertiary/aromatic N) is 1. The van der Waals surface area contributed by atoms with Gasteiger partial charge in [-0.1, -0.05) is 60.1 Å². The Balaban J connectivity index is 1.52. The van der Waals surface area contributed by atoms with Crippen LogP contribution in [0.25, 0.3) is 6.08 Å². The van der Waals surface area contributed by atoms with Crippen molar-refractivity contribution >= 4 is 29.5 Å². The van der Waals surface area contributed by atoms with E-state index < -0.39 is 5.97 Å². The molecule has 0 aliphatic carbocycles. The van der Waals surface area contributed by atoms with Gasteiger partial charge in [-0.05, 0) is 48.4 Å². The van der Waals surface area contributed by atoms with E-state index in [-0.39, 0.29) is 11.6 Å². The van der Waals surface area contributed by atoms with Gasteiger partial charge in [-0.25, -0.2) is 9.79 Å². The number of carbonyl (C=O) groups excluding carboxylic acids is 1. The zero-order valence-corrected chi connectivity index (χ0v) is 18.3. The molecule has 0 atom stereocenters. The van der Waals surface area contributed by atoms with Gasteiger partial charge in [0.1, 0.15) is 0 Å². The average Bonchev–Trinajstić information content (AvgIpc) is 3.16. The van der Waals surface area contributed by atoms with E-state index in [2.05, 4.69) is 17.1 Å². The Morgan fingerprint density at radius 3 is 2.53 bits per heavy atom. The third-order valence-electron chi connectivity index (χ3n) is 4.79. The molecule has 5 nitrogen and oxygen atoms in total. The summed E-state index contributed by atoms with van der Waals surface area (Å²) in [5.41, 5.74) is 2.72. The van der Waals surface area contributed by atoms with Crippen LogP contribution in [-0.2, 0) is 16.0 Å². The third kappa shape index (κ3) is 5.18. The summed E-state index contributed by atoms with van der Waals surface area (Å²) in [4.78, 5) is 16.6. The molecule has 3 aromatic carbocycles. The molecule has 0 N–H and O–H groups in total. The number of esters is 1. The quantitative estimate of drug-likeness (QED) is 0.328. The van der Waals surface area contributed by atoms with Gasteiger partial charge in [0.05, 0.1) is 23.8 Å². The van der Waals surface area contributed by atoms with E-state index in [1.165, 1.54) is 5.56 Å². The molecule has 32 heavy (non-hydrogen) atoms. The largest absolute Gasteiger partial charge is 0.490 e. The number of rotatable bonds is 8. The number of halogens is 1. The van der Waals surface area contributed by atoms with Crippen molar-refractivity contribution in [1.82, 2.24) is 0 Å². The van der Waals surface area contributed by atoms with Crippen LogP contribution in [0.1, 0.15) is 23.6 Å². The monoisotopic (exact) mass is 447 g/mol. The van der Waals surface area contributed by atoms with Crippen molar-refractivity contribution in [3.63, 3.8) is 0 Å². The second-order valence-corrected chi connectivity index (χ2v) is 7.45. The highest BCUT2D eigenvalue weighted by Gasteiger charge is 2.25. The standard InChI is InChI=1S/C26H22ClNO4/c1-2-30-24-17-19(12-13-23(24)31-15-14-18-8-4-3-5-9-18)16-22-26(29)32-25(28-22)20-10-6-7-11-21(20)27/h3-13,16-17H,2,14-15H2,1H3/b22-16-. The minimum atomic E-state index is -0.527. The smallest absolute Gasteiger partial charge is 0.363 e. The molecular formula is C26H22ClNO4. The summed E-state index contributed by atoms with van der Waals surface area (Å²) in [5, 5.41) is 0.468. The fourth-order valence-corrected chi connectivity index (χ4v) is 3.46. The van der Waals surface area contributed by atoms with E-state index in [9.17, 15) is 4.79 Å². The predicted octanol–water partition coefficient (Wildman–Crippen LogP) is 5.70. The molecule has 0 saturated carbocycles. The maximum absolute atomic E-state index is 12.3. The van der Waals surface area contributed by atoms with Crippen LogP contribution in [0.5, 0.6) is 11.5 Å². The molecule has 1 aliphatic heterocycles. The molecule has 4 rings (SSSR count). The minimum Gasteiger partial charge on any atom is -0.490 e. The number of cyclic esters (lactones) is 1. The molecule has 1 aliphatic rings. The highest BCUT2D eigenvalue weighted by atomic mass is 35.5. The third-order valence-corrected chi connectivity index (χ3v) is 5.12. The number of aliphatic imine (C=N–C) groups is 1. The molecule has 1 heterocycles. The lowest BCUT2D eigenvalue weighted by molar-refractivity contribution is -0.129. The van der Waals surface area contributed by atoms with Crippen LogP contribution < -0.4 is 9.47 Å². The Labute approximate surface area is 191 Å². The molecular weight excluding hydrogens is 426 g/mol. The van der Waals surface area contributed by atoms with Gasteiger partial charge in [0.15, 0.2) is 17.2 Å². The van der Waals surface area contributed by atoms with Gasteiger partial charge < -0.3 is 14.2 Å². The van der Waals surface area contributed by atoms with Crippen LogP contribution in [0, 0.1) is 0 Å². The van der Waals surface area contributed by atoms with Crippen molar-refractivity contribution in [2.75, 3.05) is 13.2 Å². The fourth-order valence-electron chi connectivity index (χ4n) is 3.24. The molecule has 0 amide bonds. The van der Waals surface area contributed by atoms with Gasteiger partial charge in [-0.15, -0.1) is 0 Å². The lowest BCUT2D eigenvalue weighted by atomic mass is 10.1. The summed E-state index contributed by atoms with van der Waals surface area (Å²) in [5.74, 6) is 0.926. The van der Waals surface area contributed by atoms with Crippen LogP contribution in [0.4, 0.5) is 0 Å².